The first-order valence-electron chi connectivity index (χ1n) is 8.85. The van der Waals surface area contributed by atoms with Gasteiger partial charge in [-0.2, -0.15) is 0 Å². The Kier molecular flexibility index (Phi) is 5.27. The minimum absolute atomic E-state index is 0.453. The third-order valence-electron chi connectivity index (χ3n) is 4.63. The van der Waals surface area contributed by atoms with Crippen LogP contribution in [-0.2, 0) is 16.4 Å². The molecule has 0 amide bonds. The molecule has 1 N–H and O–H groups in total. The normalized spacial score (nSPS) is 16.7. The fourth-order valence-electron chi connectivity index (χ4n) is 3.17. The second kappa shape index (κ2) is 7.44. The van der Waals surface area contributed by atoms with Crippen molar-refractivity contribution in [3.8, 4) is 0 Å². The average Bonchev–Trinajstić information content (AvgIpc) is 3.00. The van der Waals surface area contributed by atoms with Crippen LogP contribution in [0.25, 0.3) is 0 Å². The molecule has 1 aromatic heterocycles. The van der Waals surface area contributed by atoms with Crippen molar-refractivity contribution in [2.75, 3.05) is 22.7 Å². The number of rotatable bonds is 7. The van der Waals surface area contributed by atoms with Crippen molar-refractivity contribution in [1.29, 1.82) is 0 Å². The quantitative estimate of drug-likeness (QED) is 0.818. The van der Waals surface area contributed by atoms with Crippen LogP contribution in [-0.4, -0.2) is 26.5 Å². The van der Waals surface area contributed by atoms with Crippen LogP contribution in [0.5, 0.6) is 0 Å². The SMILES string of the molecule is CCCCN1CC(S(=O)(=O)Nc2ccc(CC)cc2)c2cccnc21. The first-order valence-corrected chi connectivity index (χ1v) is 10.4. The number of nitrogens with zero attached hydrogens (tertiary/aromatic N) is 2. The van der Waals surface area contributed by atoms with Gasteiger partial charge in [0.1, 0.15) is 11.1 Å². The third-order valence-corrected chi connectivity index (χ3v) is 6.30. The molecule has 1 unspecified atom stereocenters. The number of sulfonamides is 1. The van der Waals surface area contributed by atoms with Crippen LogP contribution in [0.15, 0.2) is 42.6 Å². The van der Waals surface area contributed by atoms with E-state index in [-0.39, 0.29) is 0 Å². The molecule has 1 aromatic carbocycles. The summed E-state index contributed by atoms with van der Waals surface area (Å²) in [6, 6.07) is 11.2. The monoisotopic (exact) mass is 359 g/mol. The van der Waals surface area contributed by atoms with Crippen molar-refractivity contribution in [3.05, 3.63) is 53.7 Å². The highest BCUT2D eigenvalue weighted by atomic mass is 32.2. The van der Waals surface area contributed by atoms with E-state index in [1.54, 1.807) is 12.3 Å². The number of hydrogen-bond acceptors (Lipinski definition) is 4. The van der Waals surface area contributed by atoms with Gasteiger partial charge in [0, 0.05) is 30.5 Å². The number of anilines is 2. The van der Waals surface area contributed by atoms with Gasteiger partial charge in [0.05, 0.1) is 0 Å². The van der Waals surface area contributed by atoms with E-state index in [9.17, 15) is 8.42 Å². The van der Waals surface area contributed by atoms with Crippen LogP contribution in [0.2, 0.25) is 0 Å². The minimum Gasteiger partial charge on any atom is -0.355 e. The highest BCUT2D eigenvalue weighted by Gasteiger charge is 2.38. The number of nitrogens with one attached hydrogen (secondary N) is 1. The van der Waals surface area contributed by atoms with Gasteiger partial charge in [-0.1, -0.05) is 38.5 Å². The number of aryl methyl sites for hydroxylation is 1. The number of hydrogen-bond donors (Lipinski definition) is 1. The average molecular weight is 359 g/mol. The summed E-state index contributed by atoms with van der Waals surface area (Å²) in [4.78, 5) is 6.51. The zero-order valence-electron chi connectivity index (χ0n) is 14.8. The number of pyridine rings is 1. The number of benzene rings is 1. The number of aromatic nitrogens is 1. The van der Waals surface area contributed by atoms with Gasteiger partial charge in [-0.05, 0) is 36.6 Å². The van der Waals surface area contributed by atoms with Gasteiger partial charge in [0.15, 0.2) is 0 Å². The number of fused-ring (bicyclic) bond motifs is 1. The van der Waals surface area contributed by atoms with Crippen molar-refractivity contribution in [2.45, 2.75) is 38.4 Å². The Morgan fingerprint density at radius 2 is 1.96 bits per heavy atom. The molecular weight excluding hydrogens is 334 g/mol. The molecule has 0 bridgehead atoms. The molecule has 2 aromatic rings. The van der Waals surface area contributed by atoms with E-state index in [0.717, 1.165) is 37.2 Å². The zero-order chi connectivity index (χ0) is 17.9. The van der Waals surface area contributed by atoms with E-state index in [1.807, 2.05) is 30.3 Å². The smallest absolute Gasteiger partial charge is 0.241 e. The molecule has 25 heavy (non-hydrogen) atoms. The molecule has 0 radical (unpaired) electrons. The predicted molar refractivity (Wildman–Crippen MR) is 102 cm³/mol. The Bertz CT molecular complexity index is 819. The second-order valence-electron chi connectivity index (χ2n) is 6.40. The van der Waals surface area contributed by atoms with Crippen molar-refractivity contribution < 1.29 is 8.42 Å². The molecular formula is C19H25N3O2S. The molecule has 0 aliphatic carbocycles. The third kappa shape index (κ3) is 3.79. The topological polar surface area (TPSA) is 62.3 Å². The fourth-order valence-corrected chi connectivity index (χ4v) is 4.67. The summed E-state index contributed by atoms with van der Waals surface area (Å²) in [6.45, 7) is 5.49. The van der Waals surface area contributed by atoms with E-state index in [1.165, 1.54) is 5.56 Å². The lowest BCUT2D eigenvalue weighted by Gasteiger charge is -2.19. The summed E-state index contributed by atoms with van der Waals surface area (Å²) in [6.07, 6.45) is 4.75. The lowest BCUT2D eigenvalue weighted by atomic mass is 10.2. The summed E-state index contributed by atoms with van der Waals surface area (Å²) in [5.74, 6) is 0.799. The van der Waals surface area contributed by atoms with Crippen LogP contribution in [0.1, 0.15) is 43.1 Å². The highest BCUT2D eigenvalue weighted by molar-refractivity contribution is 7.93. The predicted octanol–water partition coefficient (Wildman–Crippen LogP) is 3.75. The van der Waals surface area contributed by atoms with E-state index in [2.05, 4.69) is 28.5 Å². The Balaban J connectivity index is 1.84. The fraction of sp³-hybridized carbons (Fsp3) is 0.421. The largest absolute Gasteiger partial charge is 0.355 e. The van der Waals surface area contributed by atoms with Crippen molar-refractivity contribution >= 4 is 21.5 Å². The summed E-state index contributed by atoms with van der Waals surface area (Å²) in [5, 5.41) is -0.598. The van der Waals surface area contributed by atoms with E-state index in [0.29, 0.717) is 12.2 Å². The van der Waals surface area contributed by atoms with Gasteiger partial charge >= 0.3 is 0 Å². The van der Waals surface area contributed by atoms with E-state index < -0.39 is 15.3 Å². The molecule has 5 nitrogen and oxygen atoms in total. The van der Waals surface area contributed by atoms with Gasteiger partial charge < -0.3 is 4.90 Å². The van der Waals surface area contributed by atoms with Gasteiger partial charge in [0.25, 0.3) is 0 Å². The summed E-state index contributed by atoms with van der Waals surface area (Å²) < 4.78 is 28.7. The molecule has 2 heterocycles. The second-order valence-corrected chi connectivity index (χ2v) is 8.27. The molecule has 0 saturated heterocycles. The van der Waals surface area contributed by atoms with Crippen molar-refractivity contribution in [1.82, 2.24) is 4.98 Å². The van der Waals surface area contributed by atoms with Crippen molar-refractivity contribution in [2.24, 2.45) is 0 Å². The van der Waals surface area contributed by atoms with Crippen LogP contribution in [0, 0.1) is 0 Å². The standard InChI is InChI=1S/C19H25N3O2S/c1-3-5-13-22-14-18(17-7-6-12-20-19(17)22)25(23,24)21-16-10-8-15(4-2)9-11-16/h6-12,18,21H,3-5,13-14H2,1-2H3. The number of unbranched alkanes of at least 4 members (excludes halogenated alkanes) is 1. The Hall–Kier alpha value is -2.08. The molecule has 134 valence electrons. The van der Waals surface area contributed by atoms with Crippen molar-refractivity contribution in [3.63, 3.8) is 0 Å². The maximum atomic E-state index is 13.0. The molecule has 3 rings (SSSR count). The van der Waals surface area contributed by atoms with Gasteiger partial charge in [0.2, 0.25) is 10.0 Å². The van der Waals surface area contributed by atoms with Crippen LogP contribution < -0.4 is 9.62 Å². The van der Waals surface area contributed by atoms with Gasteiger partial charge in [-0.25, -0.2) is 13.4 Å². The molecule has 0 saturated carbocycles. The first kappa shape index (κ1) is 17.7. The lowest BCUT2D eigenvalue weighted by Crippen LogP contribution is -2.28. The van der Waals surface area contributed by atoms with E-state index >= 15 is 0 Å². The van der Waals surface area contributed by atoms with E-state index in [4.69, 9.17) is 0 Å². The van der Waals surface area contributed by atoms with Crippen LogP contribution >= 0.6 is 0 Å². The minimum atomic E-state index is -3.54. The lowest BCUT2D eigenvalue weighted by molar-refractivity contribution is 0.588. The molecule has 0 spiro atoms. The summed E-state index contributed by atoms with van der Waals surface area (Å²) in [7, 11) is -3.54. The molecule has 6 heteroatoms. The molecule has 1 aliphatic rings. The van der Waals surface area contributed by atoms with Crippen LogP contribution in [0.4, 0.5) is 11.5 Å². The highest BCUT2D eigenvalue weighted by Crippen LogP contribution is 2.38. The maximum absolute atomic E-state index is 13.0. The molecule has 0 fully saturated rings. The Labute approximate surface area is 150 Å². The summed E-state index contributed by atoms with van der Waals surface area (Å²) in [5.41, 5.74) is 2.58. The van der Waals surface area contributed by atoms with Crippen LogP contribution in [0.3, 0.4) is 0 Å². The van der Waals surface area contributed by atoms with Gasteiger partial charge in [-0.3, -0.25) is 4.72 Å². The Morgan fingerprint density at radius 3 is 2.64 bits per heavy atom. The summed E-state index contributed by atoms with van der Waals surface area (Å²) >= 11 is 0. The Morgan fingerprint density at radius 1 is 1.20 bits per heavy atom. The zero-order valence-corrected chi connectivity index (χ0v) is 15.6. The molecule has 1 atom stereocenters. The maximum Gasteiger partial charge on any atom is 0.241 e. The molecule has 1 aliphatic heterocycles. The van der Waals surface area contributed by atoms with Gasteiger partial charge in [-0.15, -0.1) is 0 Å². The first-order chi connectivity index (χ1) is 12.0.